The first-order valence-corrected chi connectivity index (χ1v) is 5.68. The summed E-state index contributed by atoms with van der Waals surface area (Å²) in [6.45, 7) is 6.16. The summed E-state index contributed by atoms with van der Waals surface area (Å²) in [4.78, 5) is 0. The predicted molar refractivity (Wildman–Crippen MR) is 67.5 cm³/mol. The summed E-state index contributed by atoms with van der Waals surface area (Å²) in [7, 11) is 0. The second-order valence-electron chi connectivity index (χ2n) is 4.40. The molecule has 1 aromatic heterocycles. The molecular formula is C14H15N3. The van der Waals surface area contributed by atoms with E-state index in [-0.39, 0.29) is 0 Å². The third-order valence-corrected chi connectivity index (χ3v) is 2.80. The molecule has 0 aliphatic heterocycles. The Balaban J connectivity index is 2.51. The van der Waals surface area contributed by atoms with Gasteiger partial charge in [0.2, 0.25) is 0 Å². The fraction of sp³-hybridized carbons (Fsp3) is 0.286. The van der Waals surface area contributed by atoms with Crippen molar-refractivity contribution in [2.24, 2.45) is 0 Å². The van der Waals surface area contributed by atoms with Crippen LogP contribution in [0.15, 0.2) is 30.5 Å². The maximum Gasteiger partial charge on any atom is 0.0994 e. The Labute approximate surface area is 101 Å². The molecule has 17 heavy (non-hydrogen) atoms. The molecule has 0 aliphatic rings. The van der Waals surface area contributed by atoms with Gasteiger partial charge in [-0.25, -0.2) is 0 Å². The maximum absolute atomic E-state index is 8.92. The molecule has 1 aromatic carbocycles. The lowest BCUT2D eigenvalue weighted by Gasteiger charge is -2.11. The molecule has 2 aromatic rings. The van der Waals surface area contributed by atoms with Crippen molar-refractivity contribution in [3.05, 3.63) is 41.6 Å². The van der Waals surface area contributed by atoms with Crippen LogP contribution in [0.3, 0.4) is 0 Å². The second-order valence-corrected chi connectivity index (χ2v) is 4.40. The molecule has 0 aliphatic carbocycles. The van der Waals surface area contributed by atoms with Gasteiger partial charge in [-0.3, -0.25) is 4.68 Å². The standard InChI is InChI=1S/C14H15N3/c1-10(2)17-14(6-7-16-17)12-4-5-13(9-15)11(3)8-12/h4-8,10H,1-3H3. The molecule has 0 N–H and O–H groups in total. The van der Waals surface area contributed by atoms with Gasteiger partial charge < -0.3 is 0 Å². The van der Waals surface area contributed by atoms with Gasteiger partial charge in [0.15, 0.2) is 0 Å². The van der Waals surface area contributed by atoms with Crippen LogP contribution in [-0.2, 0) is 0 Å². The lowest BCUT2D eigenvalue weighted by Crippen LogP contribution is -2.04. The highest BCUT2D eigenvalue weighted by atomic mass is 15.3. The SMILES string of the molecule is Cc1cc(-c2ccnn2C(C)C)ccc1C#N. The van der Waals surface area contributed by atoms with E-state index in [1.807, 2.05) is 42.1 Å². The quantitative estimate of drug-likeness (QED) is 0.786. The van der Waals surface area contributed by atoms with E-state index in [4.69, 9.17) is 5.26 Å². The minimum Gasteiger partial charge on any atom is -0.262 e. The monoisotopic (exact) mass is 225 g/mol. The topological polar surface area (TPSA) is 41.6 Å². The van der Waals surface area contributed by atoms with Crippen LogP contribution in [0.25, 0.3) is 11.3 Å². The van der Waals surface area contributed by atoms with Gasteiger partial charge in [0, 0.05) is 17.8 Å². The van der Waals surface area contributed by atoms with Crippen molar-refractivity contribution >= 4 is 0 Å². The molecule has 0 bridgehead atoms. The van der Waals surface area contributed by atoms with E-state index < -0.39 is 0 Å². The van der Waals surface area contributed by atoms with Gasteiger partial charge in [-0.2, -0.15) is 10.4 Å². The van der Waals surface area contributed by atoms with E-state index in [0.29, 0.717) is 6.04 Å². The number of hydrogen-bond acceptors (Lipinski definition) is 2. The lowest BCUT2D eigenvalue weighted by atomic mass is 10.0. The van der Waals surface area contributed by atoms with Crippen LogP contribution in [0.1, 0.15) is 31.0 Å². The zero-order chi connectivity index (χ0) is 12.4. The van der Waals surface area contributed by atoms with Gasteiger partial charge >= 0.3 is 0 Å². The molecule has 0 unspecified atom stereocenters. The molecule has 3 nitrogen and oxygen atoms in total. The molecule has 2 rings (SSSR count). The van der Waals surface area contributed by atoms with E-state index in [0.717, 1.165) is 22.4 Å². The summed E-state index contributed by atoms with van der Waals surface area (Å²) in [5, 5.41) is 13.2. The first-order chi connectivity index (χ1) is 8.13. The molecule has 1 heterocycles. The van der Waals surface area contributed by atoms with Gasteiger partial charge in [-0.1, -0.05) is 6.07 Å². The fourth-order valence-corrected chi connectivity index (χ4v) is 1.90. The first-order valence-electron chi connectivity index (χ1n) is 5.68. The normalized spacial score (nSPS) is 10.5. The molecule has 86 valence electrons. The number of nitriles is 1. The van der Waals surface area contributed by atoms with Gasteiger partial charge in [-0.05, 0) is 44.5 Å². The average Bonchev–Trinajstić information content (AvgIpc) is 2.77. The Bertz CT molecular complexity index is 573. The summed E-state index contributed by atoms with van der Waals surface area (Å²) < 4.78 is 1.99. The Morgan fingerprint density at radius 2 is 2.06 bits per heavy atom. The van der Waals surface area contributed by atoms with Crippen molar-refractivity contribution in [1.82, 2.24) is 9.78 Å². The molecule has 0 saturated carbocycles. The number of benzene rings is 1. The van der Waals surface area contributed by atoms with Gasteiger partial charge in [0.25, 0.3) is 0 Å². The van der Waals surface area contributed by atoms with E-state index in [1.165, 1.54) is 0 Å². The molecule has 0 fully saturated rings. The van der Waals surface area contributed by atoms with Crippen molar-refractivity contribution < 1.29 is 0 Å². The number of hydrogen-bond donors (Lipinski definition) is 0. The van der Waals surface area contributed by atoms with Crippen LogP contribution >= 0.6 is 0 Å². The molecule has 0 spiro atoms. The van der Waals surface area contributed by atoms with E-state index >= 15 is 0 Å². The minimum atomic E-state index is 0.330. The number of aromatic nitrogens is 2. The highest BCUT2D eigenvalue weighted by molar-refractivity contribution is 5.62. The summed E-state index contributed by atoms with van der Waals surface area (Å²) in [6, 6.07) is 10.4. The number of aryl methyl sites for hydroxylation is 1. The van der Waals surface area contributed by atoms with Crippen LogP contribution in [-0.4, -0.2) is 9.78 Å². The van der Waals surface area contributed by atoms with Crippen LogP contribution in [0.4, 0.5) is 0 Å². The van der Waals surface area contributed by atoms with Gasteiger partial charge in [-0.15, -0.1) is 0 Å². The Morgan fingerprint density at radius 1 is 1.29 bits per heavy atom. The number of rotatable bonds is 2. The Kier molecular flexibility index (Phi) is 2.97. The largest absolute Gasteiger partial charge is 0.262 e. The predicted octanol–water partition coefficient (Wildman–Crippen LogP) is 3.31. The highest BCUT2D eigenvalue weighted by Gasteiger charge is 2.09. The molecule has 0 saturated heterocycles. The average molecular weight is 225 g/mol. The van der Waals surface area contributed by atoms with Crippen molar-refractivity contribution in [3.63, 3.8) is 0 Å². The lowest BCUT2D eigenvalue weighted by molar-refractivity contribution is 0.538. The maximum atomic E-state index is 8.92. The van der Waals surface area contributed by atoms with E-state index in [9.17, 15) is 0 Å². The van der Waals surface area contributed by atoms with Crippen LogP contribution in [0.5, 0.6) is 0 Å². The Hall–Kier alpha value is -2.08. The summed E-state index contributed by atoms with van der Waals surface area (Å²) in [5.74, 6) is 0. The molecule has 0 amide bonds. The van der Waals surface area contributed by atoms with Crippen LogP contribution in [0.2, 0.25) is 0 Å². The van der Waals surface area contributed by atoms with Crippen LogP contribution < -0.4 is 0 Å². The van der Waals surface area contributed by atoms with Crippen LogP contribution in [0, 0.1) is 18.3 Å². The Morgan fingerprint density at radius 3 is 2.65 bits per heavy atom. The summed E-state index contributed by atoms with van der Waals surface area (Å²) in [5.41, 5.74) is 3.92. The minimum absolute atomic E-state index is 0.330. The fourth-order valence-electron chi connectivity index (χ4n) is 1.90. The van der Waals surface area contributed by atoms with Gasteiger partial charge in [0.1, 0.15) is 0 Å². The smallest absolute Gasteiger partial charge is 0.0994 e. The van der Waals surface area contributed by atoms with Crippen molar-refractivity contribution in [2.45, 2.75) is 26.8 Å². The van der Waals surface area contributed by atoms with Crippen molar-refractivity contribution in [1.29, 1.82) is 5.26 Å². The summed E-state index contributed by atoms with van der Waals surface area (Å²) in [6.07, 6.45) is 1.81. The van der Waals surface area contributed by atoms with Crippen molar-refractivity contribution in [3.8, 4) is 17.3 Å². The number of nitrogens with zero attached hydrogens (tertiary/aromatic N) is 3. The zero-order valence-electron chi connectivity index (χ0n) is 10.3. The molecule has 3 heteroatoms. The molecule has 0 atom stereocenters. The van der Waals surface area contributed by atoms with Gasteiger partial charge in [0.05, 0.1) is 17.3 Å². The second kappa shape index (κ2) is 4.42. The third kappa shape index (κ3) is 2.07. The van der Waals surface area contributed by atoms with E-state index in [1.54, 1.807) is 0 Å². The molecule has 0 radical (unpaired) electrons. The highest BCUT2D eigenvalue weighted by Crippen LogP contribution is 2.24. The first kappa shape index (κ1) is 11.4. The third-order valence-electron chi connectivity index (χ3n) is 2.80. The summed E-state index contributed by atoms with van der Waals surface area (Å²) >= 11 is 0. The molecular weight excluding hydrogens is 210 g/mol. The van der Waals surface area contributed by atoms with Crippen molar-refractivity contribution in [2.75, 3.05) is 0 Å². The van der Waals surface area contributed by atoms with E-state index in [2.05, 4.69) is 25.0 Å². The zero-order valence-corrected chi connectivity index (χ0v) is 10.3.